The van der Waals surface area contributed by atoms with Gasteiger partial charge in [0.2, 0.25) is 0 Å². The highest BCUT2D eigenvalue weighted by atomic mass is 16.5. The minimum Gasteiger partial charge on any atom is -0.456 e. The van der Waals surface area contributed by atoms with Gasteiger partial charge in [-0.15, -0.1) is 0 Å². The molecular formula is C26H28N4O3. The maximum absolute atomic E-state index is 12.8. The zero-order valence-electron chi connectivity index (χ0n) is 19.0. The molecule has 0 bridgehead atoms. The average molecular weight is 445 g/mol. The molecule has 0 fully saturated rings. The van der Waals surface area contributed by atoms with E-state index >= 15 is 0 Å². The average Bonchev–Trinajstić information content (AvgIpc) is 3.55. The van der Waals surface area contributed by atoms with Gasteiger partial charge in [0.15, 0.2) is 5.76 Å². The smallest absolute Gasteiger partial charge is 0.287 e. The molecule has 1 N–H and O–H groups in total. The highest BCUT2D eigenvalue weighted by molar-refractivity contribution is 5.91. The van der Waals surface area contributed by atoms with E-state index in [0.717, 1.165) is 42.4 Å². The maximum Gasteiger partial charge on any atom is 0.287 e. The first-order valence-corrected chi connectivity index (χ1v) is 11.3. The summed E-state index contributed by atoms with van der Waals surface area (Å²) < 4.78 is 13.3. The van der Waals surface area contributed by atoms with E-state index in [1.54, 1.807) is 6.07 Å². The lowest BCUT2D eigenvalue weighted by molar-refractivity contribution is 0.0871. The van der Waals surface area contributed by atoms with E-state index in [-0.39, 0.29) is 11.9 Å². The third-order valence-electron chi connectivity index (χ3n) is 6.36. The first kappa shape index (κ1) is 21.3. The number of aromatic nitrogens is 2. The SMILES string of the molecule is Cc1noc(C)c1Cc1ccc(C(=O)NCC2Cn3cccc3CN2Cc2ccccc2)o1. The highest BCUT2D eigenvalue weighted by Gasteiger charge is 2.26. The molecule has 3 aromatic heterocycles. The van der Waals surface area contributed by atoms with Gasteiger partial charge in [-0.25, -0.2) is 0 Å². The molecule has 1 amide bonds. The molecule has 0 saturated carbocycles. The number of nitrogens with one attached hydrogen (secondary N) is 1. The number of furan rings is 1. The van der Waals surface area contributed by atoms with Crippen LogP contribution in [0.5, 0.6) is 0 Å². The predicted octanol–water partition coefficient (Wildman–Crippen LogP) is 4.09. The lowest BCUT2D eigenvalue weighted by Gasteiger charge is -2.37. The van der Waals surface area contributed by atoms with Crippen molar-refractivity contribution in [1.82, 2.24) is 19.9 Å². The molecule has 4 heterocycles. The molecule has 1 aliphatic rings. The normalized spacial score (nSPS) is 16.0. The molecule has 0 radical (unpaired) electrons. The number of carbonyl (C=O) groups is 1. The molecule has 1 aliphatic heterocycles. The molecular weight excluding hydrogens is 416 g/mol. The number of benzene rings is 1. The first-order chi connectivity index (χ1) is 16.1. The summed E-state index contributed by atoms with van der Waals surface area (Å²) >= 11 is 0. The Hall–Kier alpha value is -3.58. The number of carbonyl (C=O) groups excluding carboxylic acids is 1. The summed E-state index contributed by atoms with van der Waals surface area (Å²) in [5.41, 5.74) is 4.40. The number of aryl methyl sites for hydroxylation is 2. The summed E-state index contributed by atoms with van der Waals surface area (Å²) in [6, 6.07) is 18.5. The van der Waals surface area contributed by atoms with Gasteiger partial charge in [-0.05, 0) is 43.7 Å². The summed E-state index contributed by atoms with van der Waals surface area (Å²) in [7, 11) is 0. The third kappa shape index (κ3) is 4.64. The standard InChI is InChI=1S/C26H28N4O3/c1-18-24(19(2)33-28-18)13-23-10-11-25(32-23)26(31)27-14-22-17-29-12-6-9-21(29)16-30(22)15-20-7-4-3-5-8-20/h3-12,22H,13-17H2,1-2H3,(H,27,31). The predicted molar refractivity (Wildman–Crippen MR) is 124 cm³/mol. The number of amides is 1. The van der Waals surface area contributed by atoms with Crippen LogP contribution in [0.2, 0.25) is 0 Å². The summed E-state index contributed by atoms with van der Waals surface area (Å²) in [6.07, 6.45) is 2.66. The van der Waals surface area contributed by atoms with E-state index in [1.807, 2.05) is 26.0 Å². The van der Waals surface area contributed by atoms with Crippen molar-refractivity contribution in [3.05, 3.63) is 101 Å². The first-order valence-electron chi connectivity index (χ1n) is 11.3. The van der Waals surface area contributed by atoms with Crippen LogP contribution in [0.25, 0.3) is 0 Å². The Kier molecular flexibility index (Phi) is 5.88. The zero-order valence-corrected chi connectivity index (χ0v) is 19.0. The molecule has 170 valence electrons. The molecule has 1 unspecified atom stereocenters. The minimum absolute atomic E-state index is 0.186. The van der Waals surface area contributed by atoms with Gasteiger partial charge in [0, 0.05) is 56.1 Å². The summed E-state index contributed by atoms with van der Waals surface area (Å²) in [6.45, 7) is 6.87. The molecule has 5 rings (SSSR count). The van der Waals surface area contributed by atoms with E-state index in [0.29, 0.717) is 18.7 Å². The minimum atomic E-state index is -0.196. The van der Waals surface area contributed by atoms with Crippen molar-refractivity contribution >= 4 is 5.91 Å². The number of hydrogen-bond acceptors (Lipinski definition) is 5. The van der Waals surface area contributed by atoms with Crippen LogP contribution >= 0.6 is 0 Å². The van der Waals surface area contributed by atoms with E-state index in [9.17, 15) is 4.79 Å². The van der Waals surface area contributed by atoms with Crippen molar-refractivity contribution < 1.29 is 13.7 Å². The molecule has 1 atom stereocenters. The fourth-order valence-corrected chi connectivity index (χ4v) is 4.47. The van der Waals surface area contributed by atoms with Gasteiger partial charge >= 0.3 is 0 Å². The van der Waals surface area contributed by atoms with Gasteiger partial charge in [-0.1, -0.05) is 35.5 Å². The maximum atomic E-state index is 12.8. The van der Waals surface area contributed by atoms with Crippen LogP contribution in [0, 0.1) is 13.8 Å². The van der Waals surface area contributed by atoms with Crippen molar-refractivity contribution in [2.45, 2.75) is 45.9 Å². The van der Waals surface area contributed by atoms with Gasteiger partial charge in [0.25, 0.3) is 5.91 Å². The largest absolute Gasteiger partial charge is 0.456 e. The second kappa shape index (κ2) is 9.11. The van der Waals surface area contributed by atoms with Crippen LogP contribution in [0.15, 0.2) is 69.7 Å². The molecule has 33 heavy (non-hydrogen) atoms. The number of rotatable bonds is 7. The topological polar surface area (TPSA) is 76.4 Å². The van der Waals surface area contributed by atoms with Crippen LogP contribution in [0.1, 0.15) is 44.6 Å². The van der Waals surface area contributed by atoms with Crippen LogP contribution in [0.3, 0.4) is 0 Å². The number of nitrogens with zero attached hydrogens (tertiary/aromatic N) is 3. The Morgan fingerprint density at radius 1 is 1.12 bits per heavy atom. The Balaban J connectivity index is 1.24. The quantitative estimate of drug-likeness (QED) is 0.465. The molecule has 0 aliphatic carbocycles. The van der Waals surface area contributed by atoms with Crippen molar-refractivity contribution in [3.63, 3.8) is 0 Å². The van der Waals surface area contributed by atoms with Crippen molar-refractivity contribution in [2.75, 3.05) is 6.54 Å². The van der Waals surface area contributed by atoms with Crippen molar-refractivity contribution in [3.8, 4) is 0 Å². The molecule has 0 spiro atoms. The second-order valence-electron chi connectivity index (χ2n) is 8.65. The van der Waals surface area contributed by atoms with E-state index in [2.05, 4.69) is 62.5 Å². The Labute approximate surface area is 193 Å². The van der Waals surface area contributed by atoms with Gasteiger partial charge in [-0.3, -0.25) is 9.69 Å². The highest BCUT2D eigenvalue weighted by Crippen LogP contribution is 2.22. The van der Waals surface area contributed by atoms with E-state index < -0.39 is 0 Å². The Morgan fingerprint density at radius 3 is 2.76 bits per heavy atom. The monoisotopic (exact) mass is 444 g/mol. The van der Waals surface area contributed by atoms with Crippen LogP contribution in [-0.2, 0) is 26.1 Å². The Bertz CT molecular complexity index is 1220. The number of fused-ring (bicyclic) bond motifs is 1. The third-order valence-corrected chi connectivity index (χ3v) is 6.36. The lowest BCUT2D eigenvalue weighted by atomic mass is 10.1. The van der Waals surface area contributed by atoms with Crippen molar-refractivity contribution in [2.24, 2.45) is 0 Å². The molecule has 7 nitrogen and oxygen atoms in total. The molecule has 7 heteroatoms. The van der Waals surface area contributed by atoms with Gasteiger partial charge in [0.05, 0.1) is 5.69 Å². The molecule has 4 aromatic rings. The van der Waals surface area contributed by atoms with Crippen LogP contribution in [-0.4, -0.2) is 33.1 Å². The van der Waals surface area contributed by atoms with Crippen molar-refractivity contribution in [1.29, 1.82) is 0 Å². The fourth-order valence-electron chi connectivity index (χ4n) is 4.47. The number of hydrogen-bond donors (Lipinski definition) is 1. The Morgan fingerprint density at radius 2 is 1.97 bits per heavy atom. The summed E-state index contributed by atoms with van der Waals surface area (Å²) in [5.74, 6) is 1.62. The summed E-state index contributed by atoms with van der Waals surface area (Å²) in [5, 5.41) is 7.07. The van der Waals surface area contributed by atoms with E-state index in [4.69, 9.17) is 8.94 Å². The molecule has 0 saturated heterocycles. The fraction of sp³-hybridized carbons (Fsp3) is 0.308. The van der Waals surface area contributed by atoms with Gasteiger partial charge in [-0.2, -0.15) is 0 Å². The summed E-state index contributed by atoms with van der Waals surface area (Å²) in [4.78, 5) is 15.3. The van der Waals surface area contributed by atoms with Gasteiger partial charge in [0.1, 0.15) is 11.5 Å². The van der Waals surface area contributed by atoms with E-state index in [1.165, 1.54) is 11.3 Å². The van der Waals surface area contributed by atoms with Crippen LogP contribution < -0.4 is 5.32 Å². The molecule has 1 aromatic carbocycles. The lowest BCUT2D eigenvalue weighted by Crippen LogP contribution is -2.48. The second-order valence-corrected chi connectivity index (χ2v) is 8.65. The zero-order chi connectivity index (χ0) is 22.8. The van der Waals surface area contributed by atoms with Crippen LogP contribution in [0.4, 0.5) is 0 Å². The van der Waals surface area contributed by atoms with Gasteiger partial charge < -0.3 is 18.8 Å².